The number of nitrogens with zero attached hydrogens (tertiary/aromatic N) is 6. The summed E-state index contributed by atoms with van der Waals surface area (Å²) in [6, 6.07) is 5.76. The van der Waals surface area contributed by atoms with Crippen LogP contribution in [0.5, 0.6) is 5.88 Å². The number of aromatic nitrogens is 3. The summed E-state index contributed by atoms with van der Waals surface area (Å²) in [4.78, 5) is 21.8. The van der Waals surface area contributed by atoms with Gasteiger partial charge in [0.1, 0.15) is 6.10 Å². The van der Waals surface area contributed by atoms with Crippen LogP contribution in [0.4, 0.5) is 5.95 Å². The summed E-state index contributed by atoms with van der Waals surface area (Å²) in [5.41, 5.74) is 7.29. The molecule has 0 spiro atoms. The highest BCUT2D eigenvalue weighted by Gasteiger charge is 2.20. The van der Waals surface area contributed by atoms with E-state index in [0.29, 0.717) is 24.5 Å². The fraction of sp³-hybridized carbons (Fsp3) is 0.500. The number of rotatable bonds is 5. The molecule has 2 aromatic rings. The molecule has 0 aromatic carbocycles. The molecule has 148 valence electrons. The van der Waals surface area contributed by atoms with Gasteiger partial charge in [0, 0.05) is 50.8 Å². The standard InChI is InChI=1S/C20H27N7O/c21-19(26-10-12-27(13-11-26)20-23-7-3-8-24-20)25-15-16-6-9-22-18(14-16)28-17-4-1-2-5-17/h3,6-9,14,17H,1-2,4-5,10-13,15H2,(H2,21,25). The molecular weight excluding hydrogens is 354 g/mol. The van der Waals surface area contributed by atoms with Crippen molar-refractivity contribution in [3.63, 3.8) is 0 Å². The minimum Gasteiger partial charge on any atom is -0.474 e. The van der Waals surface area contributed by atoms with Crippen molar-refractivity contribution in [1.29, 1.82) is 0 Å². The molecule has 8 nitrogen and oxygen atoms in total. The van der Waals surface area contributed by atoms with Crippen LogP contribution >= 0.6 is 0 Å². The van der Waals surface area contributed by atoms with Crippen LogP contribution < -0.4 is 15.4 Å². The number of aliphatic imine (C=N–C) groups is 1. The number of pyridine rings is 1. The van der Waals surface area contributed by atoms with Gasteiger partial charge in [-0.1, -0.05) is 0 Å². The van der Waals surface area contributed by atoms with Crippen molar-refractivity contribution >= 4 is 11.9 Å². The number of nitrogens with two attached hydrogens (primary N) is 1. The molecule has 0 atom stereocenters. The van der Waals surface area contributed by atoms with Gasteiger partial charge in [-0.2, -0.15) is 0 Å². The van der Waals surface area contributed by atoms with E-state index in [1.807, 2.05) is 18.2 Å². The highest BCUT2D eigenvalue weighted by molar-refractivity contribution is 5.78. The van der Waals surface area contributed by atoms with E-state index in [4.69, 9.17) is 10.5 Å². The zero-order valence-electron chi connectivity index (χ0n) is 16.1. The van der Waals surface area contributed by atoms with E-state index in [2.05, 4.69) is 29.7 Å². The molecular formula is C20H27N7O. The van der Waals surface area contributed by atoms with Gasteiger partial charge in [0.15, 0.2) is 5.96 Å². The highest BCUT2D eigenvalue weighted by atomic mass is 16.5. The van der Waals surface area contributed by atoms with Gasteiger partial charge in [0.2, 0.25) is 11.8 Å². The molecule has 3 heterocycles. The van der Waals surface area contributed by atoms with Gasteiger partial charge >= 0.3 is 0 Å². The van der Waals surface area contributed by atoms with Crippen LogP contribution in [0.3, 0.4) is 0 Å². The molecule has 1 aliphatic carbocycles. The second-order valence-electron chi connectivity index (χ2n) is 7.22. The molecule has 1 aliphatic heterocycles. The summed E-state index contributed by atoms with van der Waals surface area (Å²) >= 11 is 0. The first-order valence-electron chi connectivity index (χ1n) is 9.96. The Morgan fingerprint density at radius 2 is 1.82 bits per heavy atom. The molecule has 4 rings (SSSR count). The fourth-order valence-corrected chi connectivity index (χ4v) is 3.65. The van der Waals surface area contributed by atoms with Crippen molar-refractivity contribution in [2.75, 3.05) is 31.1 Å². The van der Waals surface area contributed by atoms with Gasteiger partial charge in [-0.25, -0.2) is 19.9 Å². The number of ether oxygens (including phenoxy) is 1. The SMILES string of the molecule is NC(=NCc1ccnc(OC2CCCC2)c1)N1CCN(c2ncccn2)CC1. The van der Waals surface area contributed by atoms with Crippen molar-refractivity contribution in [3.05, 3.63) is 42.4 Å². The molecule has 0 bridgehead atoms. The van der Waals surface area contributed by atoms with E-state index in [9.17, 15) is 0 Å². The maximum atomic E-state index is 6.23. The van der Waals surface area contributed by atoms with Crippen LogP contribution in [0.1, 0.15) is 31.2 Å². The van der Waals surface area contributed by atoms with Crippen molar-refractivity contribution in [2.24, 2.45) is 10.7 Å². The minimum absolute atomic E-state index is 0.307. The van der Waals surface area contributed by atoms with Crippen LogP contribution in [0.25, 0.3) is 0 Å². The normalized spacial score (nSPS) is 18.5. The van der Waals surface area contributed by atoms with Crippen molar-refractivity contribution < 1.29 is 4.74 Å². The molecule has 0 amide bonds. The van der Waals surface area contributed by atoms with Gasteiger partial charge in [-0.15, -0.1) is 0 Å². The Morgan fingerprint density at radius 1 is 1.07 bits per heavy atom. The third kappa shape index (κ3) is 4.68. The van der Waals surface area contributed by atoms with E-state index >= 15 is 0 Å². The molecule has 2 aliphatic rings. The number of hydrogen-bond acceptors (Lipinski definition) is 6. The summed E-state index contributed by atoms with van der Waals surface area (Å²) in [6.45, 7) is 3.79. The first-order valence-corrected chi connectivity index (χ1v) is 9.96. The molecule has 2 aromatic heterocycles. The predicted octanol–water partition coefficient (Wildman–Crippen LogP) is 1.83. The van der Waals surface area contributed by atoms with Gasteiger partial charge in [-0.05, 0) is 43.4 Å². The zero-order chi connectivity index (χ0) is 19.2. The summed E-state index contributed by atoms with van der Waals surface area (Å²) in [6.07, 6.45) is 10.4. The first-order chi connectivity index (χ1) is 13.8. The molecule has 2 fully saturated rings. The first kappa shape index (κ1) is 18.5. The van der Waals surface area contributed by atoms with Crippen LogP contribution in [0.15, 0.2) is 41.8 Å². The molecule has 1 saturated heterocycles. The van der Waals surface area contributed by atoms with Gasteiger partial charge in [-0.3, -0.25) is 0 Å². The van der Waals surface area contributed by atoms with Crippen LogP contribution in [-0.2, 0) is 6.54 Å². The number of guanidine groups is 1. The maximum absolute atomic E-state index is 6.23. The number of anilines is 1. The van der Waals surface area contributed by atoms with Gasteiger partial charge in [0.25, 0.3) is 0 Å². The Labute approximate surface area is 165 Å². The zero-order valence-corrected chi connectivity index (χ0v) is 16.1. The average Bonchev–Trinajstić information content (AvgIpc) is 3.26. The van der Waals surface area contributed by atoms with Crippen LogP contribution in [0.2, 0.25) is 0 Å². The summed E-state index contributed by atoms with van der Waals surface area (Å²) < 4.78 is 5.97. The Balaban J connectivity index is 1.30. The fourth-order valence-electron chi connectivity index (χ4n) is 3.65. The molecule has 2 N–H and O–H groups in total. The second kappa shape index (κ2) is 8.86. The topological polar surface area (TPSA) is 92.8 Å². The molecule has 0 unspecified atom stereocenters. The Morgan fingerprint density at radius 3 is 2.57 bits per heavy atom. The van der Waals surface area contributed by atoms with Crippen LogP contribution in [0, 0.1) is 0 Å². The third-order valence-electron chi connectivity index (χ3n) is 5.25. The second-order valence-corrected chi connectivity index (χ2v) is 7.22. The summed E-state index contributed by atoms with van der Waals surface area (Å²) in [7, 11) is 0. The molecule has 8 heteroatoms. The Bertz CT molecular complexity index is 784. The van der Waals surface area contributed by atoms with E-state index < -0.39 is 0 Å². The highest BCUT2D eigenvalue weighted by Crippen LogP contribution is 2.23. The minimum atomic E-state index is 0.307. The third-order valence-corrected chi connectivity index (χ3v) is 5.25. The average molecular weight is 381 g/mol. The van der Waals surface area contributed by atoms with E-state index in [1.54, 1.807) is 18.6 Å². The van der Waals surface area contributed by atoms with E-state index in [-0.39, 0.29) is 0 Å². The monoisotopic (exact) mass is 381 g/mol. The molecule has 1 saturated carbocycles. The quantitative estimate of drug-likeness (QED) is 0.624. The largest absolute Gasteiger partial charge is 0.474 e. The van der Waals surface area contributed by atoms with Crippen LogP contribution in [-0.4, -0.2) is 58.1 Å². The lowest BCUT2D eigenvalue weighted by Gasteiger charge is -2.35. The Kier molecular flexibility index (Phi) is 5.84. The lowest BCUT2D eigenvalue weighted by atomic mass is 10.2. The Hall–Kier alpha value is -2.90. The number of piperazine rings is 1. The molecule has 0 radical (unpaired) electrons. The lowest BCUT2D eigenvalue weighted by Crippen LogP contribution is -2.51. The lowest BCUT2D eigenvalue weighted by molar-refractivity contribution is 0.201. The smallest absolute Gasteiger partial charge is 0.225 e. The predicted molar refractivity (Wildman–Crippen MR) is 108 cm³/mol. The van der Waals surface area contributed by atoms with Crippen molar-refractivity contribution in [1.82, 2.24) is 19.9 Å². The van der Waals surface area contributed by atoms with E-state index in [1.165, 1.54) is 12.8 Å². The van der Waals surface area contributed by atoms with E-state index in [0.717, 1.165) is 50.5 Å². The van der Waals surface area contributed by atoms with Gasteiger partial charge < -0.3 is 20.3 Å². The summed E-state index contributed by atoms with van der Waals surface area (Å²) in [5, 5.41) is 0. The summed E-state index contributed by atoms with van der Waals surface area (Å²) in [5.74, 6) is 2.03. The van der Waals surface area contributed by atoms with Crippen molar-refractivity contribution in [3.8, 4) is 5.88 Å². The maximum Gasteiger partial charge on any atom is 0.225 e. The van der Waals surface area contributed by atoms with Crippen molar-refractivity contribution in [2.45, 2.75) is 38.3 Å². The van der Waals surface area contributed by atoms with Gasteiger partial charge in [0.05, 0.1) is 6.54 Å². The number of hydrogen-bond donors (Lipinski definition) is 1. The molecule has 28 heavy (non-hydrogen) atoms.